The van der Waals surface area contributed by atoms with Crippen molar-refractivity contribution in [2.45, 2.75) is 25.3 Å². The molecule has 3 N–H and O–H groups in total. The molecule has 25 heavy (non-hydrogen) atoms. The number of hydrogen-bond acceptors (Lipinski definition) is 5. The van der Waals surface area contributed by atoms with Gasteiger partial charge in [-0.05, 0) is 38.2 Å². The van der Waals surface area contributed by atoms with Gasteiger partial charge in [0.05, 0.1) is 16.1 Å². The maximum absolute atomic E-state index is 10.8. The molecule has 7 nitrogen and oxygen atoms in total. The summed E-state index contributed by atoms with van der Waals surface area (Å²) >= 11 is 1.33. The van der Waals surface area contributed by atoms with Crippen molar-refractivity contribution in [3.8, 4) is 0 Å². The average Bonchev–Trinajstić information content (AvgIpc) is 3.19. The third-order valence-electron chi connectivity index (χ3n) is 4.27. The lowest BCUT2D eigenvalue weighted by Gasteiger charge is -2.31. The molecule has 0 fully saturated rings. The van der Waals surface area contributed by atoms with E-state index in [0.717, 1.165) is 28.0 Å². The Labute approximate surface area is 149 Å². The number of rotatable bonds is 6. The standard InChI is InChI=1S/C17H21N5O2S/c1-4-12(22(2)3)14(15-18-7-8-19-15)10-5-6-11-13(9-10)25-16(20-11)21-17(23)24/h5-9,12,14H,4H2,1-3H3,(H,18,19)(H,20,21)(H,23,24). The Morgan fingerprint density at radius 3 is 2.84 bits per heavy atom. The number of carbonyl (C=O) groups is 1. The average molecular weight is 359 g/mol. The molecule has 2 heterocycles. The quantitative estimate of drug-likeness (QED) is 0.625. The van der Waals surface area contributed by atoms with Crippen molar-refractivity contribution < 1.29 is 9.90 Å². The van der Waals surface area contributed by atoms with Crippen LogP contribution in [0, 0.1) is 0 Å². The number of H-pyrrole nitrogens is 1. The second kappa shape index (κ2) is 7.20. The third-order valence-corrected chi connectivity index (χ3v) is 5.20. The molecule has 0 radical (unpaired) electrons. The van der Waals surface area contributed by atoms with Crippen LogP contribution in [0.2, 0.25) is 0 Å². The van der Waals surface area contributed by atoms with E-state index in [1.54, 1.807) is 6.20 Å². The number of likely N-dealkylation sites (N-methyl/N-ethyl adjacent to an activating group) is 1. The van der Waals surface area contributed by atoms with Crippen LogP contribution in [-0.2, 0) is 0 Å². The number of amides is 1. The smallest absolute Gasteiger partial charge is 0.410 e. The largest absolute Gasteiger partial charge is 0.465 e. The molecule has 0 bridgehead atoms. The van der Waals surface area contributed by atoms with Crippen molar-refractivity contribution in [3.63, 3.8) is 0 Å². The highest BCUT2D eigenvalue weighted by atomic mass is 32.1. The third kappa shape index (κ3) is 3.64. The lowest BCUT2D eigenvalue weighted by molar-refractivity contribution is 0.209. The van der Waals surface area contributed by atoms with Gasteiger partial charge in [-0.15, -0.1) is 0 Å². The number of hydrogen-bond donors (Lipinski definition) is 3. The maximum atomic E-state index is 10.8. The van der Waals surface area contributed by atoms with Gasteiger partial charge in [-0.3, -0.25) is 5.32 Å². The van der Waals surface area contributed by atoms with E-state index < -0.39 is 6.09 Å². The van der Waals surface area contributed by atoms with Crippen LogP contribution in [0.3, 0.4) is 0 Å². The van der Waals surface area contributed by atoms with Crippen LogP contribution in [-0.4, -0.2) is 51.2 Å². The number of benzene rings is 1. The van der Waals surface area contributed by atoms with Crippen LogP contribution in [0.1, 0.15) is 30.7 Å². The molecule has 2 aromatic heterocycles. The molecule has 0 spiro atoms. The molecule has 132 valence electrons. The van der Waals surface area contributed by atoms with Gasteiger partial charge < -0.3 is 15.0 Å². The minimum atomic E-state index is -1.11. The van der Waals surface area contributed by atoms with Gasteiger partial charge in [-0.1, -0.05) is 24.3 Å². The molecule has 2 atom stereocenters. The minimum Gasteiger partial charge on any atom is -0.465 e. The number of fused-ring (bicyclic) bond motifs is 1. The lowest BCUT2D eigenvalue weighted by Crippen LogP contribution is -2.34. The van der Waals surface area contributed by atoms with Crippen molar-refractivity contribution in [3.05, 3.63) is 42.0 Å². The van der Waals surface area contributed by atoms with Gasteiger partial charge in [0, 0.05) is 18.4 Å². The molecular weight excluding hydrogens is 338 g/mol. The van der Waals surface area contributed by atoms with E-state index in [9.17, 15) is 4.79 Å². The van der Waals surface area contributed by atoms with Gasteiger partial charge in [-0.25, -0.2) is 14.8 Å². The normalized spacial score (nSPS) is 13.9. The molecule has 0 aliphatic carbocycles. The van der Waals surface area contributed by atoms with E-state index in [-0.39, 0.29) is 12.0 Å². The van der Waals surface area contributed by atoms with Crippen molar-refractivity contribution >= 4 is 32.8 Å². The van der Waals surface area contributed by atoms with Crippen LogP contribution >= 0.6 is 11.3 Å². The Balaban J connectivity index is 2.04. The second-order valence-electron chi connectivity index (χ2n) is 6.07. The first kappa shape index (κ1) is 17.4. The number of anilines is 1. The zero-order valence-electron chi connectivity index (χ0n) is 14.4. The van der Waals surface area contributed by atoms with Gasteiger partial charge in [-0.2, -0.15) is 0 Å². The molecule has 0 aliphatic heterocycles. The Morgan fingerprint density at radius 2 is 2.24 bits per heavy atom. The van der Waals surface area contributed by atoms with Crippen molar-refractivity contribution in [1.82, 2.24) is 19.9 Å². The minimum absolute atomic E-state index is 0.0948. The molecular formula is C17H21N5O2S. The number of thiazole rings is 1. The van der Waals surface area contributed by atoms with E-state index in [4.69, 9.17) is 5.11 Å². The Bertz CT molecular complexity index is 859. The summed E-state index contributed by atoms with van der Waals surface area (Å²) in [5.74, 6) is 1.02. The van der Waals surface area contributed by atoms with Gasteiger partial charge in [0.1, 0.15) is 5.82 Å². The monoisotopic (exact) mass is 359 g/mol. The molecule has 8 heteroatoms. The van der Waals surface area contributed by atoms with E-state index in [0.29, 0.717) is 5.13 Å². The number of carboxylic acid groups (broad SMARTS) is 1. The molecule has 1 aromatic carbocycles. The Hall–Kier alpha value is -2.45. The summed E-state index contributed by atoms with van der Waals surface area (Å²) in [5, 5.41) is 11.6. The number of imidazole rings is 1. The van der Waals surface area contributed by atoms with Crippen LogP contribution in [0.4, 0.5) is 9.93 Å². The predicted octanol–water partition coefficient (Wildman–Crippen LogP) is 3.58. The number of nitrogens with one attached hydrogen (secondary N) is 2. The van der Waals surface area contributed by atoms with E-state index in [1.165, 1.54) is 11.3 Å². The Kier molecular flexibility index (Phi) is 5.00. The first-order valence-electron chi connectivity index (χ1n) is 8.05. The summed E-state index contributed by atoms with van der Waals surface area (Å²) in [7, 11) is 4.15. The number of aromatic amines is 1. The van der Waals surface area contributed by atoms with Gasteiger partial charge >= 0.3 is 6.09 Å². The molecule has 3 aromatic rings. The fourth-order valence-electron chi connectivity index (χ4n) is 3.19. The van der Waals surface area contributed by atoms with Crippen molar-refractivity contribution in [2.24, 2.45) is 0 Å². The fourth-order valence-corrected chi connectivity index (χ4v) is 4.09. The van der Waals surface area contributed by atoms with Crippen LogP contribution in [0.5, 0.6) is 0 Å². The van der Waals surface area contributed by atoms with Crippen molar-refractivity contribution in [2.75, 3.05) is 19.4 Å². The first-order chi connectivity index (χ1) is 12.0. The summed E-state index contributed by atoms with van der Waals surface area (Å²) < 4.78 is 0.950. The van der Waals surface area contributed by atoms with E-state index in [2.05, 4.69) is 52.3 Å². The van der Waals surface area contributed by atoms with Gasteiger partial charge in [0.15, 0.2) is 5.13 Å². The summed E-state index contributed by atoms with van der Waals surface area (Å²) in [5.41, 5.74) is 1.92. The second-order valence-corrected chi connectivity index (χ2v) is 7.10. The summed E-state index contributed by atoms with van der Waals surface area (Å²) in [6.45, 7) is 2.17. The summed E-state index contributed by atoms with van der Waals surface area (Å²) in [4.78, 5) is 25.1. The topological polar surface area (TPSA) is 94.1 Å². The van der Waals surface area contributed by atoms with Crippen LogP contribution in [0.25, 0.3) is 10.2 Å². The SMILES string of the molecule is CCC(C(c1ccc2nc(NC(=O)O)sc2c1)c1ncc[nH]1)N(C)C. The van der Waals surface area contributed by atoms with Crippen LogP contribution in [0.15, 0.2) is 30.6 Å². The van der Waals surface area contributed by atoms with Crippen LogP contribution < -0.4 is 5.32 Å². The molecule has 0 aliphatic rings. The summed E-state index contributed by atoms with van der Waals surface area (Å²) in [6.07, 6.45) is 3.48. The molecule has 3 rings (SSSR count). The fraction of sp³-hybridized carbons (Fsp3) is 0.353. The zero-order valence-corrected chi connectivity index (χ0v) is 15.2. The first-order valence-corrected chi connectivity index (χ1v) is 8.87. The highest BCUT2D eigenvalue weighted by Gasteiger charge is 2.27. The molecule has 1 amide bonds. The van der Waals surface area contributed by atoms with E-state index >= 15 is 0 Å². The zero-order chi connectivity index (χ0) is 18.0. The number of aromatic nitrogens is 3. The van der Waals surface area contributed by atoms with Gasteiger partial charge in [0.25, 0.3) is 0 Å². The highest BCUT2D eigenvalue weighted by molar-refractivity contribution is 7.22. The van der Waals surface area contributed by atoms with Crippen molar-refractivity contribution in [1.29, 1.82) is 0 Å². The van der Waals surface area contributed by atoms with Gasteiger partial charge in [0.2, 0.25) is 0 Å². The highest BCUT2D eigenvalue weighted by Crippen LogP contribution is 2.34. The predicted molar refractivity (Wildman–Crippen MR) is 99.5 cm³/mol. The molecule has 0 saturated heterocycles. The molecule has 2 unspecified atom stereocenters. The lowest BCUT2D eigenvalue weighted by atomic mass is 9.88. The molecule has 0 saturated carbocycles. The Morgan fingerprint density at radius 1 is 1.44 bits per heavy atom. The number of nitrogens with zero attached hydrogens (tertiary/aromatic N) is 3. The summed E-state index contributed by atoms with van der Waals surface area (Å²) in [6, 6.07) is 6.35. The maximum Gasteiger partial charge on any atom is 0.410 e. The van der Waals surface area contributed by atoms with E-state index in [1.807, 2.05) is 18.3 Å².